The van der Waals surface area contributed by atoms with Crippen molar-refractivity contribution in [2.45, 2.75) is 12.7 Å². The van der Waals surface area contributed by atoms with Crippen LogP contribution < -0.4 is 10.1 Å². The van der Waals surface area contributed by atoms with Gasteiger partial charge in [0.2, 0.25) is 5.88 Å². The number of aromatic nitrogens is 2. The fraction of sp³-hybridized carbons (Fsp3) is 0.231. The van der Waals surface area contributed by atoms with E-state index in [9.17, 15) is 13.2 Å². The molecule has 0 fully saturated rings. The van der Waals surface area contributed by atoms with Crippen LogP contribution in [0.1, 0.15) is 11.1 Å². The molecule has 0 bridgehead atoms. The highest BCUT2D eigenvalue weighted by Crippen LogP contribution is 2.30. The molecule has 4 nitrogen and oxygen atoms in total. The largest absolute Gasteiger partial charge is 0.481 e. The molecule has 7 heteroatoms. The number of anilines is 1. The molecular formula is C13H12F3N3O. The predicted molar refractivity (Wildman–Crippen MR) is 67.4 cm³/mol. The van der Waals surface area contributed by atoms with Gasteiger partial charge >= 0.3 is 6.18 Å². The minimum absolute atomic E-state index is 0.144. The monoisotopic (exact) mass is 283 g/mol. The number of halogens is 3. The summed E-state index contributed by atoms with van der Waals surface area (Å²) in [4.78, 5) is 7.85. The first-order valence-corrected chi connectivity index (χ1v) is 5.75. The Kier molecular flexibility index (Phi) is 4.07. The van der Waals surface area contributed by atoms with Gasteiger partial charge in [-0.15, -0.1) is 0 Å². The fourth-order valence-electron chi connectivity index (χ4n) is 1.63. The number of nitrogens with one attached hydrogen (secondary N) is 1. The maximum Gasteiger partial charge on any atom is 0.416 e. The average Bonchev–Trinajstić information content (AvgIpc) is 2.45. The molecule has 0 saturated heterocycles. The van der Waals surface area contributed by atoms with Crippen LogP contribution in [0.2, 0.25) is 0 Å². The molecule has 1 N–H and O–H groups in total. The SMILES string of the molecule is COc1ncccc1CNc1cc(C(F)(F)F)ccn1. The van der Waals surface area contributed by atoms with Crippen LogP contribution in [0.5, 0.6) is 5.88 Å². The summed E-state index contributed by atoms with van der Waals surface area (Å²) in [6.07, 6.45) is -1.69. The molecule has 0 amide bonds. The van der Waals surface area contributed by atoms with Crippen molar-refractivity contribution in [3.05, 3.63) is 47.8 Å². The molecule has 0 unspecified atom stereocenters. The molecule has 0 aliphatic carbocycles. The molecule has 2 aromatic heterocycles. The lowest BCUT2D eigenvalue weighted by molar-refractivity contribution is -0.137. The molecule has 106 valence electrons. The average molecular weight is 283 g/mol. The van der Waals surface area contributed by atoms with Crippen LogP contribution in [0.3, 0.4) is 0 Å². The number of alkyl halides is 3. The molecule has 0 atom stereocenters. The number of hydrogen-bond acceptors (Lipinski definition) is 4. The Morgan fingerprint density at radius 2 is 2.00 bits per heavy atom. The smallest absolute Gasteiger partial charge is 0.416 e. The van der Waals surface area contributed by atoms with Gasteiger partial charge in [-0.05, 0) is 18.2 Å². The Morgan fingerprint density at radius 3 is 2.70 bits per heavy atom. The Labute approximate surface area is 113 Å². The summed E-state index contributed by atoms with van der Waals surface area (Å²) < 4.78 is 42.8. The number of rotatable bonds is 4. The van der Waals surface area contributed by atoms with Crippen LogP contribution in [0.25, 0.3) is 0 Å². The summed E-state index contributed by atoms with van der Waals surface area (Å²) in [5, 5.41) is 2.82. The Bertz CT molecular complexity index is 587. The van der Waals surface area contributed by atoms with Gasteiger partial charge in [-0.25, -0.2) is 9.97 Å². The van der Waals surface area contributed by atoms with Gasteiger partial charge in [0, 0.05) is 24.5 Å². The number of nitrogens with zero attached hydrogens (tertiary/aromatic N) is 2. The second kappa shape index (κ2) is 5.77. The van der Waals surface area contributed by atoms with E-state index in [1.165, 1.54) is 7.11 Å². The Morgan fingerprint density at radius 1 is 1.20 bits per heavy atom. The van der Waals surface area contributed by atoms with Crippen molar-refractivity contribution in [3.63, 3.8) is 0 Å². The number of pyridine rings is 2. The van der Waals surface area contributed by atoms with E-state index in [4.69, 9.17) is 4.74 Å². The highest BCUT2D eigenvalue weighted by molar-refractivity contribution is 5.40. The van der Waals surface area contributed by atoms with Crippen molar-refractivity contribution in [3.8, 4) is 5.88 Å². The highest BCUT2D eigenvalue weighted by Gasteiger charge is 2.30. The van der Waals surface area contributed by atoms with E-state index < -0.39 is 11.7 Å². The van der Waals surface area contributed by atoms with Gasteiger partial charge < -0.3 is 10.1 Å². The van der Waals surface area contributed by atoms with Crippen molar-refractivity contribution in [1.29, 1.82) is 0 Å². The lowest BCUT2D eigenvalue weighted by Crippen LogP contribution is -2.08. The second-order valence-corrected chi connectivity index (χ2v) is 3.95. The first-order chi connectivity index (χ1) is 9.50. The maximum atomic E-state index is 12.6. The van der Waals surface area contributed by atoms with E-state index in [0.29, 0.717) is 5.88 Å². The Balaban J connectivity index is 2.11. The van der Waals surface area contributed by atoms with Gasteiger partial charge in [0.1, 0.15) is 5.82 Å². The summed E-state index contributed by atoms with van der Waals surface area (Å²) in [7, 11) is 1.48. The third kappa shape index (κ3) is 3.37. The second-order valence-electron chi connectivity index (χ2n) is 3.95. The third-order valence-electron chi connectivity index (χ3n) is 2.59. The van der Waals surface area contributed by atoms with Crippen molar-refractivity contribution >= 4 is 5.82 Å². The van der Waals surface area contributed by atoms with Gasteiger partial charge in [-0.1, -0.05) is 6.07 Å². The first-order valence-electron chi connectivity index (χ1n) is 5.75. The Hall–Kier alpha value is -2.31. The van der Waals surface area contributed by atoms with Crippen molar-refractivity contribution in [1.82, 2.24) is 9.97 Å². The predicted octanol–water partition coefficient (Wildman–Crippen LogP) is 3.12. The molecule has 0 aliphatic rings. The third-order valence-corrected chi connectivity index (χ3v) is 2.59. The van der Waals surface area contributed by atoms with Crippen LogP contribution in [0.4, 0.5) is 19.0 Å². The van der Waals surface area contributed by atoms with E-state index in [-0.39, 0.29) is 12.4 Å². The fourth-order valence-corrected chi connectivity index (χ4v) is 1.63. The van der Waals surface area contributed by atoms with Crippen LogP contribution in [0, 0.1) is 0 Å². The van der Waals surface area contributed by atoms with Gasteiger partial charge in [0.25, 0.3) is 0 Å². The molecule has 0 radical (unpaired) electrons. The normalized spacial score (nSPS) is 11.2. The molecule has 2 aromatic rings. The van der Waals surface area contributed by atoms with Crippen LogP contribution in [-0.2, 0) is 12.7 Å². The zero-order valence-corrected chi connectivity index (χ0v) is 10.6. The van der Waals surface area contributed by atoms with Crippen LogP contribution in [0.15, 0.2) is 36.7 Å². The quantitative estimate of drug-likeness (QED) is 0.936. The van der Waals surface area contributed by atoms with Crippen molar-refractivity contribution in [2.24, 2.45) is 0 Å². The molecule has 0 saturated carbocycles. The van der Waals surface area contributed by atoms with Gasteiger partial charge in [0.15, 0.2) is 0 Å². The molecule has 20 heavy (non-hydrogen) atoms. The summed E-state index contributed by atoms with van der Waals surface area (Å²) in [6, 6.07) is 5.38. The van der Waals surface area contributed by atoms with E-state index in [2.05, 4.69) is 15.3 Å². The minimum atomic E-state index is -4.38. The van der Waals surface area contributed by atoms with E-state index in [1.54, 1.807) is 18.3 Å². The molecule has 0 spiro atoms. The first kappa shape index (κ1) is 14.1. The van der Waals surface area contributed by atoms with Crippen LogP contribution >= 0.6 is 0 Å². The lowest BCUT2D eigenvalue weighted by Gasteiger charge is -2.11. The molecular weight excluding hydrogens is 271 g/mol. The molecule has 2 rings (SSSR count). The summed E-state index contributed by atoms with van der Waals surface area (Å²) >= 11 is 0. The van der Waals surface area contributed by atoms with Crippen molar-refractivity contribution in [2.75, 3.05) is 12.4 Å². The van der Waals surface area contributed by atoms with E-state index in [0.717, 1.165) is 23.9 Å². The molecule has 0 aromatic carbocycles. The zero-order valence-electron chi connectivity index (χ0n) is 10.6. The topological polar surface area (TPSA) is 47.0 Å². The van der Waals surface area contributed by atoms with Gasteiger partial charge in [-0.3, -0.25) is 0 Å². The number of hydrogen-bond donors (Lipinski definition) is 1. The highest BCUT2D eigenvalue weighted by atomic mass is 19.4. The summed E-state index contributed by atoms with van der Waals surface area (Å²) in [5.41, 5.74) is -0.0117. The summed E-state index contributed by atoms with van der Waals surface area (Å²) in [6.45, 7) is 0.269. The number of methoxy groups -OCH3 is 1. The molecule has 2 heterocycles. The zero-order chi connectivity index (χ0) is 14.6. The molecule has 0 aliphatic heterocycles. The van der Waals surface area contributed by atoms with E-state index in [1.807, 2.05) is 0 Å². The lowest BCUT2D eigenvalue weighted by atomic mass is 10.2. The van der Waals surface area contributed by atoms with Gasteiger partial charge in [0.05, 0.1) is 12.7 Å². The van der Waals surface area contributed by atoms with Crippen molar-refractivity contribution < 1.29 is 17.9 Å². The summed E-state index contributed by atoms with van der Waals surface area (Å²) in [5.74, 6) is 0.567. The standard InChI is InChI=1S/C13H12F3N3O/c1-20-12-9(3-2-5-18-12)8-19-11-7-10(4-6-17-11)13(14,15)16/h2-7H,8H2,1H3,(H,17,19). The van der Waals surface area contributed by atoms with Gasteiger partial charge in [-0.2, -0.15) is 13.2 Å². The van der Waals surface area contributed by atoms with E-state index >= 15 is 0 Å². The number of ether oxygens (including phenoxy) is 1. The van der Waals surface area contributed by atoms with Crippen LogP contribution in [-0.4, -0.2) is 17.1 Å². The maximum absolute atomic E-state index is 12.6. The minimum Gasteiger partial charge on any atom is -0.481 e.